The highest BCUT2D eigenvalue weighted by atomic mass is 16.4. The average Bonchev–Trinajstić information content (AvgIpc) is 2.88. The Morgan fingerprint density at radius 3 is 2.78 bits per heavy atom. The lowest BCUT2D eigenvalue weighted by Crippen LogP contribution is -2.35. The third kappa shape index (κ3) is 2.27. The van der Waals surface area contributed by atoms with Gasteiger partial charge in [-0.2, -0.15) is 5.10 Å². The quantitative estimate of drug-likeness (QED) is 0.882. The van der Waals surface area contributed by atoms with Crippen molar-refractivity contribution >= 4 is 5.97 Å². The van der Waals surface area contributed by atoms with Crippen molar-refractivity contribution in [2.24, 2.45) is 0 Å². The number of carboxylic acids is 1. The number of likely N-dealkylation sites (tertiary alicyclic amines) is 1. The number of aromatic nitrogens is 2. The number of rotatable bonds is 4. The Kier molecular flexibility index (Phi) is 3.71. The Morgan fingerprint density at radius 1 is 1.50 bits per heavy atom. The summed E-state index contributed by atoms with van der Waals surface area (Å²) in [7, 11) is 0. The standard InChI is InChI=1S/C13H21N3O2/c1-4-16-10(3)11(9(2)14-16)8-15-7-5-6-12(15)13(17)18/h12H,4-8H2,1-3H3,(H,17,18)/t12-/m0/s1. The molecule has 0 unspecified atom stereocenters. The summed E-state index contributed by atoms with van der Waals surface area (Å²) in [5, 5.41) is 13.7. The number of hydrogen-bond acceptors (Lipinski definition) is 3. The fraction of sp³-hybridized carbons (Fsp3) is 0.692. The first-order chi connectivity index (χ1) is 8.54. The molecule has 0 saturated carbocycles. The van der Waals surface area contributed by atoms with E-state index in [9.17, 15) is 9.90 Å². The predicted molar refractivity (Wildman–Crippen MR) is 68.4 cm³/mol. The van der Waals surface area contributed by atoms with Gasteiger partial charge in [0.15, 0.2) is 0 Å². The molecule has 5 nitrogen and oxygen atoms in total. The van der Waals surface area contributed by atoms with E-state index in [0.29, 0.717) is 6.54 Å². The highest BCUT2D eigenvalue weighted by Crippen LogP contribution is 2.23. The second-order valence-corrected chi connectivity index (χ2v) is 4.93. The summed E-state index contributed by atoms with van der Waals surface area (Å²) in [4.78, 5) is 13.2. The fourth-order valence-corrected chi connectivity index (χ4v) is 2.77. The maximum Gasteiger partial charge on any atom is 0.320 e. The molecule has 18 heavy (non-hydrogen) atoms. The lowest BCUT2D eigenvalue weighted by Gasteiger charge is -2.21. The number of nitrogens with zero attached hydrogens (tertiary/aromatic N) is 3. The molecule has 0 bridgehead atoms. The van der Waals surface area contributed by atoms with E-state index in [1.54, 1.807) is 0 Å². The van der Waals surface area contributed by atoms with E-state index in [-0.39, 0.29) is 6.04 Å². The summed E-state index contributed by atoms with van der Waals surface area (Å²) in [5.74, 6) is -0.703. The molecule has 2 rings (SSSR count). The first-order valence-corrected chi connectivity index (χ1v) is 6.54. The molecule has 0 amide bonds. The summed E-state index contributed by atoms with van der Waals surface area (Å²) < 4.78 is 1.98. The van der Waals surface area contributed by atoms with Gasteiger partial charge in [0.2, 0.25) is 0 Å². The number of hydrogen-bond donors (Lipinski definition) is 1. The van der Waals surface area contributed by atoms with Crippen LogP contribution in [0.4, 0.5) is 0 Å². The molecule has 5 heteroatoms. The van der Waals surface area contributed by atoms with Crippen LogP contribution in [-0.4, -0.2) is 38.3 Å². The molecule has 0 aliphatic carbocycles. The molecular formula is C13H21N3O2. The van der Waals surface area contributed by atoms with Crippen molar-refractivity contribution in [1.29, 1.82) is 0 Å². The zero-order chi connectivity index (χ0) is 13.3. The number of aryl methyl sites for hydroxylation is 2. The highest BCUT2D eigenvalue weighted by Gasteiger charge is 2.31. The van der Waals surface area contributed by atoms with Gasteiger partial charge in [0.1, 0.15) is 6.04 Å². The lowest BCUT2D eigenvalue weighted by molar-refractivity contribution is -0.142. The average molecular weight is 251 g/mol. The van der Waals surface area contributed by atoms with Crippen LogP contribution in [0.2, 0.25) is 0 Å². The van der Waals surface area contributed by atoms with Crippen LogP contribution in [-0.2, 0) is 17.9 Å². The van der Waals surface area contributed by atoms with Crippen molar-refractivity contribution in [2.75, 3.05) is 6.54 Å². The Balaban J connectivity index is 2.19. The van der Waals surface area contributed by atoms with Crippen LogP contribution in [0.25, 0.3) is 0 Å². The monoisotopic (exact) mass is 251 g/mol. The van der Waals surface area contributed by atoms with Gasteiger partial charge in [-0.05, 0) is 40.2 Å². The van der Waals surface area contributed by atoms with Gasteiger partial charge in [-0.25, -0.2) is 0 Å². The SMILES string of the molecule is CCn1nc(C)c(CN2CCC[C@H]2C(=O)O)c1C. The van der Waals surface area contributed by atoms with Crippen LogP contribution in [0.5, 0.6) is 0 Å². The van der Waals surface area contributed by atoms with Crippen molar-refractivity contribution in [3.8, 4) is 0 Å². The molecule has 1 atom stereocenters. The molecule has 1 saturated heterocycles. The van der Waals surface area contributed by atoms with Gasteiger partial charge < -0.3 is 5.11 Å². The maximum atomic E-state index is 11.2. The van der Waals surface area contributed by atoms with E-state index in [2.05, 4.69) is 23.8 Å². The van der Waals surface area contributed by atoms with Gasteiger partial charge in [0, 0.05) is 24.3 Å². The van der Waals surface area contributed by atoms with Gasteiger partial charge in [-0.1, -0.05) is 0 Å². The van der Waals surface area contributed by atoms with Gasteiger partial charge >= 0.3 is 5.97 Å². The molecule has 1 aliphatic heterocycles. The van der Waals surface area contributed by atoms with Crippen LogP contribution < -0.4 is 0 Å². The summed E-state index contributed by atoms with van der Waals surface area (Å²) in [6, 6.07) is -0.325. The molecule has 1 aromatic heterocycles. The second-order valence-electron chi connectivity index (χ2n) is 4.93. The first-order valence-electron chi connectivity index (χ1n) is 6.54. The zero-order valence-electron chi connectivity index (χ0n) is 11.3. The van der Waals surface area contributed by atoms with E-state index < -0.39 is 5.97 Å². The molecular weight excluding hydrogens is 230 g/mol. The molecule has 1 fully saturated rings. The zero-order valence-corrected chi connectivity index (χ0v) is 11.3. The number of carboxylic acid groups (broad SMARTS) is 1. The highest BCUT2D eigenvalue weighted by molar-refractivity contribution is 5.73. The Labute approximate surface area is 107 Å². The Morgan fingerprint density at radius 2 is 2.22 bits per heavy atom. The topological polar surface area (TPSA) is 58.4 Å². The van der Waals surface area contributed by atoms with Gasteiger partial charge in [-0.15, -0.1) is 0 Å². The molecule has 1 aliphatic rings. The fourth-order valence-electron chi connectivity index (χ4n) is 2.77. The second kappa shape index (κ2) is 5.10. The first kappa shape index (κ1) is 13.1. The van der Waals surface area contributed by atoms with Crippen LogP contribution in [0.15, 0.2) is 0 Å². The molecule has 1 N–H and O–H groups in total. The molecule has 0 spiro atoms. The summed E-state index contributed by atoms with van der Waals surface area (Å²) in [6.45, 7) is 8.56. The number of carbonyl (C=O) groups is 1. The van der Waals surface area contributed by atoms with E-state index in [1.807, 2.05) is 11.6 Å². The van der Waals surface area contributed by atoms with E-state index >= 15 is 0 Å². The normalized spacial score (nSPS) is 20.5. The lowest BCUT2D eigenvalue weighted by atomic mass is 10.1. The molecule has 0 aromatic carbocycles. The van der Waals surface area contributed by atoms with Crippen LogP contribution in [0.1, 0.15) is 36.7 Å². The van der Waals surface area contributed by atoms with Crippen molar-refractivity contribution in [1.82, 2.24) is 14.7 Å². The molecule has 100 valence electrons. The maximum absolute atomic E-state index is 11.2. The largest absolute Gasteiger partial charge is 0.480 e. The third-order valence-electron chi connectivity index (χ3n) is 3.84. The van der Waals surface area contributed by atoms with Crippen molar-refractivity contribution in [3.05, 3.63) is 17.0 Å². The van der Waals surface area contributed by atoms with Crippen LogP contribution in [0, 0.1) is 13.8 Å². The predicted octanol–water partition coefficient (Wildman–Crippen LogP) is 1.57. The van der Waals surface area contributed by atoms with E-state index in [1.165, 1.54) is 5.56 Å². The minimum Gasteiger partial charge on any atom is -0.480 e. The summed E-state index contributed by atoms with van der Waals surface area (Å²) >= 11 is 0. The molecule has 2 heterocycles. The van der Waals surface area contributed by atoms with Crippen molar-refractivity contribution in [2.45, 2.75) is 52.7 Å². The smallest absolute Gasteiger partial charge is 0.320 e. The Hall–Kier alpha value is -1.36. The van der Waals surface area contributed by atoms with Gasteiger partial charge in [-0.3, -0.25) is 14.4 Å². The van der Waals surface area contributed by atoms with Crippen molar-refractivity contribution in [3.63, 3.8) is 0 Å². The van der Waals surface area contributed by atoms with E-state index in [4.69, 9.17) is 0 Å². The summed E-state index contributed by atoms with van der Waals surface area (Å²) in [5.41, 5.74) is 3.36. The van der Waals surface area contributed by atoms with Gasteiger partial charge in [0.25, 0.3) is 0 Å². The van der Waals surface area contributed by atoms with Crippen molar-refractivity contribution < 1.29 is 9.90 Å². The minimum atomic E-state index is -0.703. The third-order valence-corrected chi connectivity index (χ3v) is 3.84. The molecule has 0 radical (unpaired) electrons. The number of aliphatic carboxylic acids is 1. The van der Waals surface area contributed by atoms with Gasteiger partial charge in [0.05, 0.1) is 5.69 Å². The summed E-state index contributed by atoms with van der Waals surface area (Å²) in [6.07, 6.45) is 1.73. The van der Waals surface area contributed by atoms with E-state index in [0.717, 1.165) is 37.3 Å². The Bertz CT molecular complexity index is 453. The van der Waals surface area contributed by atoms with Crippen LogP contribution >= 0.6 is 0 Å². The molecule has 1 aromatic rings. The minimum absolute atomic E-state index is 0.325. The van der Waals surface area contributed by atoms with Crippen LogP contribution in [0.3, 0.4) is 0 Å².